The lowest BCUT2D eigenvalue weighted by molar-refractivity contribution is -0.134. The number of aromatic nitrogens is 1. The average Bonchev–Trinajstić information content (AvgIpc) is 3.20. The molecule has 1 amide bonds. The van der Waals surface area contributed by atoms with Gasteiger partial charge in [0.15, 0.2) is 5.58 Å². The molecule has 4 rings (SSSR count). The van der Waals surface area contributed by atoms with E-state index in [1.807, 2.05) is 0 Å². The summed E-state index contributed by atoms with van der Waals surface area (Å²) >= 11 is 1.20. The number of carbonyl (C=O) groups is 1. The van der Waals surface area contributed by atoms with E-state index in [2.05, 4.69) is 9.71 Å². The fraction of sp³-hybridized carbons (Fsp3) is 0.333. The molecule has 1 N–H and O–H groups in total. The molecule has 170 valence electrons. The lowest BCUT2D eigenvalue weighted by atomic mass is 10.3. The zero-order valence-electron chi connectivity index (χ0n) is 17.6. The number of thioether (sulfide) groups is 1. The van der Waals surface area contributed by atoms with Crippen LogP contribution in [0.25, 0.3) is 11.1 Å². The van der Waals surface area contributed by atoms with Crippen molar-refractivity contribution in [2.24, 2.45) is 0 Å². The van der Waals surface area contributed by atoms with Crippen molar-refractivity contribution in [3.63, 3.8) is 0 Å². The van der Waals surface area contributed by atoms with E-state index < -0.39 is 15.3 Å². The second-order valence-electron chi connectivity index (χ2n) is 7.11. The Morgan fingerprint density at radius 3 is 2.72 bits per heavy atom. The number of benzene rings is 2. The molecule has 0 bridgehead atoms. The van der Waals surface area contributed by atoms with Crippen molar-refractivity contribution in [3.05, 3.63) is 42.5 Å². The molecule has 0 radical (unpaired) electrons. The average molecular weight is 478 g/mol. The maximum Gasteiger partial charge on any atom is 0.262 e. The SMILES string of the molecule is COc1ccccc1NS(=O)(=O)c1ccc2oc(SC(C)C(=O)N3CCOCC3)nc2c1. The van der Waals surface area contributed by atoms with Gasteiger partial charge in [-0.15, -0.1) is 0 Å². The Labute approximate surface area is 190 Å². The van der Waals surface area contributed by atoms with Crippen LogP contribution < -0.4 is 9.46 Å². The van der Waals surface area contributed by atoms with Crippen molar-refractivity contribution in [1.82, 2.24) is 9.88 Å². The van der Waals surface area contributed by atoms with Gasteiger partial charge in [0, 0.05) is 13.1 Å². The minimum absolute atomic E-state index is 0.00942. The first kappa shape index (κ1) is 22.4. The van der Waals surface area contributed by atoms with Crippen LogP contribution in [0.15, 0.2) is 57.0 Å². The van der Waals surface area contributed by atoms with Gasteiger partial charge in [0.25, 0.3) is 15.2 Å². The number of hydrogen-bond acceptors (Lipinski definition) is 8. The highest BCUT2D eigenvalue weighted by Crippen LogP contribution is 2.30. The van der Waals surface area contributed by atoms with Crippen molar-refractivity contribution in [3.8, 4) is 5.75 Å². The van der Waals surface area contributed by atoms with Crippen LogP contribution in [0, 0.1) is 0 Å². The summed E-state index contributed by atoms with van der Waals surface area (Å²) in [5, 5.41) is -0.0853. The largest absolute Gasteiger partial charge is 0.495 e. The van der Waals surface area contributed by atoms with Gasteiger partial charge in [-0.25, -0.2) is 13.4 Å². The Balaban J connectivity index is 1.51. The highest BCUT2D eigenvalue weighted by molar-refractivity contribution is 8.00. The minimum Gasteiger partial charge on any atom is -0.495 e. The van der Waals surface area contributed by atoms with Crippen LogP contribution >= 0.6 is 11.8 Å². The molecule has 1 aromatic heterocycles. The number of sulfonamides is 1. The van der Waals surface area contributed by atoms with Crippen molar-refractivity contribution >= 4 is 44.5 Å². The predicted molar refractivity (Wildman–Crippen MR) is 121 cm³/mol. The van der Waals surface area contributed by atoms with Crippen LogP contribution in [0.2, 0.25) is 0 Å². The summed E-state index contributed by atoms with van der Waals surface area (Å²) in [5.41, 5.74) is 1.16. The quantitative estimate of drug-likeness (QED) is 0.517. The van der Waals surface area contributed by atoms with Gasteiger partial charge < -0.3 is 18.8 Å². The summed E-state index contributed by atoms with van der Waals surface area (Å²) in [6.07, 6.45) is 0. The second-order valence-corrected chi connectivity index (χ2v) is 10.1. The number of anilines is 1. The Kier molecular flexibility index (Phi) is 6.58. The fourth-order valence-corrected chi connectivity index (χ4v) is 5.21. The number of nitrogens with one attached hydrogen (secondary N) is 1. The number of ether oxygens (including phenoxy) is 2. The number of nitrogens with zero attached hydrogens (tertiary/aromatic N) is 2. The number of para-hydroxylation sites is 2. The van der Waals surface area contributed by atoms with Gasteiger partial charge in [-0.3, -0.25) is 9.52 Å². The Morgan fingerprint density at radius 1 is 1.22 bits per heavy atom. The first-order valence-corrected chi connectivity index (χ1v) is 12.3. The third kappa shape index (κ3) is 4.84. The molecule has 2 heterocycles. The molecule has 1 aliphatic rings. The van der Waals surface area contributed by atoms with Crippen molar-refractivity contribution in [2.75, 3.05) is 38.1 Å². The third-order valence-electron chi connectivity index (χ3n) is 4.95. The molecule has 11 heteroatoms. The molecule has 2 aromatic carbocycles. The van der Waals surface area contributed by atoms with Gasteiger partial charge >= 0.3 is 0 Å². The molecule has 0 saturated carbocycles. The van der Waals surface area contributed by atoms with E-state index in [9.17, 15) is 13.2 Å². The molecule has 1 fully saturated rings. The molecule has 1 atom stereocenters. The van der Waals surface area contributed by atoms with E-state index >= 15 is 0 Å². The summed E-state index contributed by atoms with van der Waals surface area (Å²) in [5.74, 6) is 0.404. The minimum atomic E-state index is -3.87. The summed E-state index contributed by atoms with van der Waals surface area (Å²) in [7, 11) is -2.40. The first-order valence-electron chi connectivity index (χ1n) is 9.97. The van der Waals surface area contributed by atoms with Crippen LogP contribution in [0.1, 0.15) is 6.92 Å². The Morgan fingerprint density at radius 2 is 1.97 bits per heavy atom. The summed E-state index contributed by atoms with van der Waals surface area (Å²) in [4.78, 5) is 18.8. The number of amides is 1. The van der Waals surface area contributed by atoms with Crippen molar-refractivity contribution in [1.29, 1.82) is 0 Å². The Hall–Kier alpha value is -2.76. The zero-order valence-corrected chi connectivity index (χ0v) is 19.2. The van der Waals surface area contributed by atoms with Crippen LogP contribution in [0.4, 0.5) is 5.69 Å². The number of hydrogen-bond donors (Lipinski definition) is 1. The number of fused-ring (bicyclic) bond motifs is 1. The van der Waals surface area contributed by atoms with E-state index in [0.29, 0.717) is 54.1 Å². The van der Waals surface area contributed by atoms with E-state index in [1.54, 1.807) is 42.2 Å². The van der Waals surface area contributed by atoms with E-state index in [0.717, 1.165) is 0 Å². The first-order chi connectivity index (χ1) is 15.4. The van der Waals surface area contributed by atoms with Crippen molar-refractivity contribution in [2.45, 2.75) is 22.3 Å². The molecule has 0 aliphatic carbocycles. The smallest absolute Gasteiger partial charge is 0.262 e. The molecule has 32 heavy (non-hydrogen) atoms. The molecule has 1 aliphatic heterocycles. The van der Waals surface area contributed by atoms with Gasteiger partial charge in [-0.2, -0.15) is 0 Å². The van der Waals surface area contributed by atoms with Gasteiger partial charge in [-0.05, 0) is 37.3 Å². The molecule has 1 unspecified atom stereocenters. The molecule has 0 spiro atoms. The second kappa shape index (κ2) is 9.39. The zero-order chi connectivity index (χ0) is 22.7. The fourth-order valence-electron chi connectivity index (χ4n) is 3.28. The van der Waals surface area contributed by atoms with E-state index in [4.69, 9.17) is 13.9 Å². The standard InChI is InChI=1S/C21H23N3O6S2/c1-14(20(25)24-9-11-29-12-10-24)31-21-22-17-13-15(7-8-19(17)30-21)32(26,27)23-16-5-3-4-6-18(16)28-2/h3-8,13-14,23H,9-12H2,1-2H3. The molecule has 9 nitrogen and oxygen atoms in total. The third-order valence-corrected chi connectivity index (χ3v) is 7.24. The topological polar surface area (TPSA) is 111 Å². The molecule has 3 aromatic rings. The highest BCUT2D eigenvalue weighted by atomic mass is 32.2. The van der Waals surface area contributed by atoms with Gasteiger partial charge in [0.2, 0.25) is 5.91 Å². The van der Waals surface area contributed by atoms with Crippen LogP contribution in [-0.2, 0) is 19.6 Å². The van der Waals surface area contributed by atoms with Crippen LogP contribution in [-0.4, -0.2) is 62.9 Å². The normalized spacial score (nSPS) is 15.5. The molecule has 1 saturated heterocycles. The van der Waals surface area contributed by atoms with Crippen molar-refractivity contribution < 1.29 is 27.1 Å². The van der Waals surface area contributed by atoms with E-state index in [1.165, 1.54) is 31.0 Å². The summed E-state index contributed by atoms with van der Waals surface area (Å²) in [6.45, 7) is 4.00. The maximum atomic E-state index is 12.9. The number of methoxy groups -OCH3 is 1. The molecular formula is C21H23N3O6S2. The summed E-state index contributed by atoms with van der Waals surface area (Å²) in [6, 6.07) is 11.2. The molecular weight excluding hydrogens is 454 g/mol. The van der Waals surface area contributed by atoms with Crippen LogP contribution in [0.3, 0.4) is 0 Å². The number of carbonyl (C=O) groups excluding carboxylic acids is 1. The highest BCUT2D eigenvalue weighted by Gasteiger charge is 2.25. The predicted octanol–water partition coefficient (Wildman–Crippen LogP) is 2.98. The Bertz CT molecular complexity index is 1220. The van der Waals surface area contributed by atoms with Crippen LogP contribution in [0.5, 0.6) is 5.75 Å². The van der Waals surface area contributed by atoms with Gasteiger partial charge in [0.1, 0.15) is 11.3 Å². The monoisotopic (exact) mass is 477 g/mol. The lowest BCUT2D eigenvalue weighted by Crippen LogP contribution is -2.44. The summed E-state index contributed by atoms with van der Waals surface area (Å²) < 4.78 is 44.5. The number of oxazole rings is 1. The maximum absolute atomic E-state index is 12.9. The number of morpholine rings is 1. The number of rotatable bonds is 7. The van der Waals surface area contributed by atoms with Gasteiger partial charge in [0.05, 0.1) is 36.2 Å². The van der Waals surface area contributed by atoms with Gasteiger partial charge in [-0.1, -0.05) is 23.9 Å². The van der Waals surface area contributed by atoms with E-state index in [-0.39, 0.29) is 10.8 Å². The lowest BCUT2D eigenvalue weighted by Gasteiger charge is -2.28.